The van der Waals surface area contributed by atoms with Crippen LogP contribution in [0.25, 0.3) is 0 Å². The van der Waals surface area contributed by atoms with E-state index in [4.69, 9.17) is 4.74 Å². The number of aryl methyl sites for hydroxylation is 3. The van der Waals surface area contributed by atoms with Gasteiger partial charge in [0.15, 0.2) is 5.78 Å². The third-order valence-corrected chi connectivity index (χ3v) is 7.02. The predicted molar refractivity (Wildman–Crippen MR) is 133 cm³/mol. The standard InChI is InChI=1S/C26H28N2O5S/c1-17-9-10-24(33-5)25(14-17)34(31,32)28(23-12-18(2)11-19(3)13-23)16-26(30)27-22-8-6-7-21(15-22)20(4)29/h6-15H,16H2,1-5H3,(H,27,30). The number of methoxy groups -OCH3 is 1. The second-order valence-electron chi connectivity index (χ2n) is 8.20. The molecule has 3 aromatic carbocycles. The van der Waals surface area contributed by atoms with E-state index in [9.17, 15) is 18.0 Å². The van der Waals surface area contributed by atoms with Crippen LogP contribution in [0.1, 0.15) is 34.0 Å². The van der Waals surface area contributed by atoms with Crippen molar-refractivity contribution in [2.24, 2.45) is 0 Å². The fourth-order valence-corrected chi connectivity index (χ4v) is 5.31. The lowest BCUT2D eigenvalue weighted by atomic mass is 10.1. The van der Waals surface area contributed by atoms with Gasteiger partial charge in [-0.05, 0) is 80.8 Å². The van der Waals surface area contributed by atoms with E-state index in [0.717, 1.165) is 21.0 Å². The first-order chi connectivity index (χ1) is 16.0. The van der Waals surface area contributed by atoms with Gasteiger partial charge in [0.25, 0.3) is 10.0 Å². The van der Waals surface area contributed by atoms with Crippen LogP contribution in [0.4, 0.5) is 11.4 Å². The summed E-state index contributed by atoms with van der Waals surface area (Å²) in [6.45, 7) is 6.48. The summed E-state index contributed by atoms with van der Waals surface area (Å²) >= 11 is 0. The minimum absolute atomic E-state index is 0.0273. The fourth-order valence-electron chi connectivity index (χ4n) is 3.66. The first kappa shape index (κ1) is 25.0. The van der Waals surface area contributed by atoms with Gasteiger partial charge in [0, 0.05) is 11.3 Å². The molecule has 3 rings (SSSR count). The molecule has 7 nitrogen and oxygen atoms in total. The second kappa shape index (κ2) is 10.1. The summed E-state index contributed by atoms with van der Waals surface area (Å²) in [7, 11) is -2.77. The van der Waals surface area contributed by atoms with Crippen molar-refractivity contribution >= 4 is 33.1 Å². The maximum absolute atomic E-state index is 13.8. The molecule has 1 N–H and O–H groups in total. The van der Waals surface area contributed by atoms with Crippen LogP contribution < -0.4 is 14.4 Å². The highest BCUT2D eigenvalue weighted by molar-refractivity contribution is 7.93. The lowest BCUT2D eigenvalue weighted by molar-refractivity contribution is -0.114. The van der Waals surface area contributed by atoms with E-state index in [1.54, 1.807) is 55.5 Å². The highest BCUT2D eigenvalue weighted by Gasteiger charge is 2.30. The number of benzene rings is 3. The number of hydrogen-bond donors (Lipinski definition) is 1. The topological polar surface area (TPSA) is 92.8 Å². The number of Topliss-reactive ketones (excluding diaryl/α,β-unsaturated/α-hetero) is 1. The number of carbonyl (C=O) groups excluding carboxylic acids is 2. The van der Waals surface area contributed by atoms with E-state index in [1.807, 2.05) is 19.9 Å². The van der Waals surface area contributed by atoms with Crippen LogP contribution in [-0.2, 0) is 14.8 Å². The molecule has 0 aliphatic rings. The van der Waals surface area contributed by atoms with Gasteiger partial charge in [-0.1, -0.05) is 24.3 Å². The van der Waals surface area contributed by atoms with Crippen LogP contribution in [0.2, 0.25) is 0 Å². The van der Waals surface area contributed by atoms with E-state index >= 15 is 0 Å². The largest absolute Gasteiger partial charge is 0.495 e. The van der Waals surface area contributed by atoms with Gasteiger partial charge in [-0.2, -0.15) is 0 Å². The quantitative estimate of drug-likeness (QED) is 0.474. The Hall–Kier alpha value is -3.65. The normalized spacial score (nSPS) is 11.1. The Morgan fingerprint density at radius 2 is 1.59 bits per heavy atom. The number of nitrogens with one attached hydrogen (secondary N) is 1. The van der Waals surface area contributed by atoms with Gasteiger partial charge < -0.3 is 10.1 Å². The summed E-state index contributed by atoms with van der Waals surface area (Å²) in [5.74, 6) is -0.494. The molecule has 0 spiro atoms. The van der Waals surface area contributed by atoms with Crippen molar-refractivity contribution in [2.75, 3.05) is 23.3 Å². The van der Waals surface area contributed by atoms with Crippen LogP contribution in [0.3, 0.4) is 0 Å². The Morgan fingerprint density at radius 3 is 2.21 bits per heavy atom. The summed E-state index contributed by atoms with van der Waals surface area (Å²) < 4.78 is 34.1. The van der Waals surface area contributed by atoms with Crippen LogP contribution >= 0.6 is 0 Å². The van der Waals surface area contributed by atoms with Crippen molar-refractivity contribution in [2.45, 2.75) is 32.6 Å². The fraction of sp³-hybridized carbons (Fsp3) is 0.231. The molecule has 0 radical (unpaired) electrons. The van der Waals surface area contributed by atoms with E-state index in [0.29, 0.717) is 16.9 Å². The van der Waals surface area contributed by atoms with Gasteiger partial charge in [0.2, 0.25) is 5.91 Å². The predicted octanol–water partition coefficient (Wildman–Crippen LogP) is 4.66. The summed E-state index contributed by atoms with van der Waals surface area (Å²) in [6.07, 6.45) is 0. The molecule has 34 heavy (non-hydrogen) atoms. The number of carbonyl (C=O) groups is 2. The van der Waals surface area contributed by atoms with Crippen LogP contribution in [0.15, 0.2) is 65.6 Å². The molecular weight excluding hydrogens is 452 g/mol. The van der Waals surface area contributed by atoms with Crippen molar-refractivity contribution in [3.05, 3.63) is 82.9 Å². The number of anilines is 2. The highest BCUT2D eigenvalue weighted by atomic mass is 32.2. The lowest BCUT2D eigenvalue weighted by Gasteiger charge is -2.26. The van der Waals surface area contributed by atoms with Crippen molar-refractivity contribution in [1.82, 2.24) is 0 Å². The van der Waals surface area contributed by atoms with E-state index in [2.05, 4.69) is 5.32 Å². The van der Waals surface area contributed by atoms with E-state index in [1.165, 1.54) is 20.1 Å². The molecule has 8 heteroatoms. The Balaban J connectivity index is 2.05. The van der Waals surface area contributed by atoms with Crippen LogP contribution in [0, 0.1) is 20.8 Å². The summed E-state index contributed by atoms with van der Waals surface area (Å²) in [6, 6.07) is 16.7. The average Bonchev–Trinajstić information content (AvgIpc) is 2.76. The zero-order valence-corrected chi connectivity index (χ0v) is 20.7. The third kappa shape index (κ3) is 5.63. The molecule has 0 aromatic heterocycles. The summed E-state index contributed by atoms with van der Waals surface area (Å²) in [4.78, 5) is 24.7. The molecule has 0 saturated carbocycles. The summed E-state index contributed by atoms with van der Waals surface area (Å²) in [5, 5.41) is 2.70. The zero-order valence-electron chi connectivity index (χ0n) is 19.9. The van der Waals surface area contributed by atoms with Gasteiger partial charge in [0.05, 0.1) is 12.8 Å². The van der Waals surface area contributed by atoms with Crippen molar-refractivity contribution < 1.29 is 22.7 Å². The molecule has 0 unspecified atom stereocenters. The minimum atomic E-state index is -4.17. The van der Waals surface area contributed by atoms with E-state index in [-0.39, 0.29) is 16.4 Å². The van der Waals surface area contributed by atoms with E-state index < -0.39 is 22.5 Å². The number of ether oxygens (including phenoxy) is 1. The number of sulfonamides is 1. The Kier molecular flexibility index (Phi) is 7.41. The molecular formula is C26H28N2O5S. The molecule has 1 amide bonds. The van der Waals surface area contributed by atoms with Gasteiger partial charge in [-0.25, -0.2) is 8.42 Å². The molecule has 0 saturated heterocycles. The second-order valence-corrected chi connectivity index (χ2v) is 10.0. The summed E-state index contributed by atoms with van der Waals surface area (Å²) in [5.41, 5.74) is 3.69. The van der Waals surface area contributed by atoms with Gasteiger partial charge in [-0.15, -0.1) is 0 Å². The lowest BCUT2D eigenvalue weighted by Crippen LogP contribution is -2.38. The monoisotopic (exact) mass is 480 g/mol. The van der Waals surface area contributed by atoms with Gasteiger partial charge >= 0.3 is 0 Å². The maximum atomic E-state index is 13.8. The smallest absolute Gasteiger partial charge is 0.268 e. The number of amides is 1. The van der Waals surface area contributed by atoms with Crippen molar-refractivity contribution in [1.29, 1.82) is 0 Å². The molecule has 178 valence electrons. The molecule has 0 heterocycles. The van der Waals surface area contributed by atoms with Gasteiger partial charge in [0.1, 0.15) is 17.2 Å². The highest BCUT2D eigenvalue weighted by Crippen LogP contribution is 2.32. The molecule has 3 aromatic rings. The Bertz CT molecular complexity index is 1330. The van der Waals surface area contributed by atoms with Crippen LogP contribution in [-0.4, -0.2) is 33.8 Å². The minimum Gasteiger partial charge on any atom is -0.495 e. The molecule has 0 aliphatic heterocycles. The molecule has 0 atom stereocenters. The number of ketones is 1. The average molecular weight is 481 g/mol. The SMILES string of the molecule is COc1ccc(C)cc1S(=O)(=O)N(CC(=O)Nc1cccc(C(C)=O)c1)c1cc(C)cc(C)c1. The first-order valence-corrected chi connectivity index (χ1v) is 12.1. The zero-order chi connectivity index (χ0) is 25.0. The number of hydrogen-bond acceptors (Lipinski definition) is 5. The van der Waals surface area contributed by atoms with Gasteiger partial charge in [-0.3, -0.25) is 13.9 Å². The molecule has 0 bridgehead atoms. The Labute approximate surface area is 200 Å². The maximum Gasteiger partial charge on any atom is 0.268 e. The first-order valence-electron chi connectivity index (χ1n) is 10.7. The molecule has 0 fully saturated rings. The van der Waals surface area contributed by atoms with Crippen molar-refractivity contribution in [3.8, 4) is 5.75 Å². The number of rotatable bonds is 8. The van der Waals surface area contributed by atoms with Crippen LogP contribution in [0.5, 0.6) is 5.75 Å². The Morgan fingerprint density at radius 1 is 0.912 bits per heavy atom. The van der Waals surface area contributed by atoms with Crippen molar-refractivity contribution in [3.63, 3.8) is 0 Å². The number of nitrogens with zero attached hydrogens (tertiary/aromatic N) is 1. The third-order valence-electron chi connectivity index (χ3n) is 5.22. The molecule has 0 aliphatic carbocycles.